The van der Waals surface area contributed by atoms with E-state index in [0.717, 1.165) is 165 Å². The van der Waals surface area contributed by atoms with Gasteiger partial charge < -0.3 is 45.2 Å². The van der Waals surface area contributed by atoms with Gasteiger partial charge in [0.15, 0.2) is 9.84 Å². The Balaban J connectivity index is 0.00000117. The number of nitrogens with two attached hydrogens (primary N) is 1. The first kappa shape index (κ1) is 104. The summed E-state index contributed by atoms with van der Waals surface area (Å²) in [5.41, 5.74) is 6.84. The number of hydrogen-bond donors (Lipinski definition) is 4. The molecule has 8 fully saturated rings. The summed E-state index contributed by atoms with van der Waals surface area (Å²) in [4.78, 5) is 32.4. The van der Waals surface area contributed by atoms with Gasteiger partial charge in [0.25, 0.3) is 0 Å². The number of thioether (sulfide) groups is 1. The molecule has 16 nitrogen and oxygen atoms in total. The number of aliphatic hydroxyl groups is 3. The van der Waals surface area contributed by atoms with E-state index in [1.54, 1.807) is 0 Å². The van der Waals surface area contributed by atoms with E-state index in [1.165, 1.54) is 75.7 Å². The predicted molar refractivity (Wildman–Crippen MR) is 451 cm³/mol. The van der Waals surface area contributed by atoms with Gasteiger partial charge in [-0.15, -0.1) is 0 Å². The molecule has 7 saturated heterocycles. The molecular weight excluding hydrogens is 1380 g/mol. The van der Waals surface area contributed by atoms with Crippen LogP contribution < -0.4 is 5.73 Å². The van der Waals surface area contributed by atoms with Gasteiger partial charge in [-0.2, -0.15) is 11.8 Å². The van der Waals surface area contributed by atoms with Crippen molar-refractivity contribution >= 4 is 43.3 Å². The van der Waals surface area contributed by atoms with Gasteiger partial charge in [-0.3, -0.25) is 14.5 Å². The molecule has 0 bridgehead atoms. The van der Waals surface area contributed by atoms with Crippen LogP contribution in [-0.2, 0) is 38.7 Å². The monoisotopic (exact) mass is 1550 g/mol. The van der Waals surface area contributed by atoms with Crippen LogP contribution in [0.4, 0.5) is 0 Å². The highest BCUT2D eigenvalue weighted by molar-refractivity contribution is 7.99. The number of nitrogens with zero attached hydrogens (tertiary/aromatic N) is 4. The molecule has 0 spiro atoms. The number of carbonyl (C=O) groups is 2. The Labute approximate surface area is 654 Å². The number of hydrogen-bond acceptors (Lipinski definition) is 15. The van der Waals surface area contributed by atoms with Crippen LogP contribution in [0.15, 0.2) is 0 Å². The predicted octanol–water partition coefficient (Wildman–Crippen LogP) is 17.3. The lowest BCUT2D eigenvalue weighted by Crippen LogP contribution is -2.47. The molecule has 1 atom stereocenters. The first-order valence-electron chi connectivity index (χ1n) is 41.8. The summed E-state index contributed by atoms with van der Waals surface area (Å²) in [7, 11) is -5.38. The molecule has 5 N–H and O–H groups in total. The average Bonchev–Trinajstić information content (AvgIpc) is 0.861. The van der Waals surface area contributed by atoms with Crippen LogP contribution in [-0.4, -0.2) is 215 Å². The zero-order valence-corrected chi connectivity index (χ0v) is 75.9. The zero-order valence-electron chi connectivity index (χ0n) is 73.5. The highest BCUT2D eigenvalue weighted by Gasteiger charge is 2.33. The standard InChI is InChI=1S/C15H28N2O2.C11H22N2O.C10H20O2S.C9H19NO2S.2C9H18O.C9H18S.C8H18O.C6H14O/c1-13(2)11-14-3-5-17(6-4-14)15(18)12-16-7-9-19-10-8-16;1-11(2,3)8-13-5-4-9(7-12)6-10(13)14;1-10(2,3)8-9-4-6-13(11,12)7-5-9;1-9(2,3)8-10-4-6-13(11,12)7-5-10;1-9(2,3)6-7-4-8(10)5-7;2*1-8(2)7-9-3-5-10-6-4-9;1-7(2,3)6-8(4,5)9;1-6(2,3)4-5-7/h13-14H,3-12H2,1-2H3;9H,4-8,12H2,1-3H3;9H,4-8H2,1-3H3;4-8H2,1-3H3;7-8,10H,4-6H2,1-3H3;2*8-9H,3-7H2,1-2H3;9H,6H2,1-5H3;7H,4-5H2,1-3H3. The van der Waals surface area contributed by atoms with E-state index in [4.69, 9.17) is 25.4 Å². The smallest absolute Gasteiger partial charge is 0.236 e. The fourth-order valence-corrected chi connectivity index (χ4v) is 19.3. The molecule has 0 aromatic rings. The summed E-state index contributed by atoms with van der Waals surface area (Å²) in [6.45, 7) is 69.7. The van der Waals surface area contributed by atoms with Crippen molar-refractivity contribution in [3.8, 4) is 0 Å². The molecule has 0 aromatic heterocycles. The number of carbonyl (C=O) groups excluding carboxylic acids is 2. The van der Waals surface area contributed by atoms with Gasteiger partial charge in [-0.05, 0) is 233 Å². The second-order valence-electron chi connectivity index (χ2n) is 41.9. The van der Waals surface area contributed by atoms with Gasteiger partial charge in [-0.1, -0.05) is 166 Å². The van der Waals surface area contributed by atoms with Crippen molar-refractivity contribution < 1.29 is 51.2 Å². The third-order valence-corrected chi connectivity index (χ3v) is 24.2. The van der Waals surface area contributed by atoms with E-state index >= 15 is 0 Å². The molecule has 628 valence electrons. The van der Waals surface area contributed by atoms with Gasteiger partial charge in [0, 0.05) is 85.1 Å². The van der Waals surface area contributed by atoms with Crippen molar-refractivity contribution in [3.63, 3.8) is 0 Å². The van der Waals surface area contributed by atoms with Crippen molar-refractivity contribution in [3.05, 3.63) is 0 Å². The Morgan fingerprint density at radius 1 is 0.495 bits per heavy atom. The number of sulfone groups is 2. The minimum absolute atomic E-state index is 0.0207. The van der Waals surface area contributed by atoms with Crippen LogP contribution in [0.25, 0.3) is 0 Å². The van der Waals surface area contributed by atoms with Gasteiger partial charge in [0.1, 0.15) is 9.84 Å². The van der Waals surface area contributed by atoms with Crippen molar-refractivity contribution in [2.24, 2.45) is 91.5 Å². The maximum atomic E-state index is 12.2. The first-order valence-corrected chi connectivity index (χ1v) is 46.6. The summed E-state index contributed by atoms with van der Waals surface area (Å²) in [5, 5.41) is 26.8. The molecule has 0 radical (unpaired) electrons. The Bertz CT molecular complexity index is 2330. The number of ether oxygens (including phenoxy) is 2. The summed E-state index contributed by atoms with van der Waals surface area (Å²) < 4.78 is 55.2. The molecule has 105 heavy (non-hydrogen) atoms. The van der Waals surface area contributed by atoms with Crippen LogP contribution in [0.5, 0.6) is 0 Å². The number of aliphatic hydroxyl groups excluding tert-OH is 2. The maximum absolute atomic E-state index is 12.2. The quantitative estimate of drug-likeness (QED) is 0.120. The number of amides is 2. The SMILES string of the molecule is CC(C)(C)CC(C)(C)O.CC(C)(C)CC1CC(O)C1.CC(C)(C)CC1CCS(=O)(=O)CC1.CC(C)(C)CCO.CC(C)(C)CN1CCC(CN)CC1=O.CC(C)(C)CN1CCS(=O)(=O)CC1.CC(C)CC1CCN(C(=O)CN2CCOCC2)CC1.CC(C)CC1CCOCC1.CC(C)CC1CCSCC1. The van der Waals surface area contributed by atoms with E-state index in [1.807, 2.05) is 18.7 Å². The van der Waals surface area contributed by atoms with Gasteiger partial charge in [0.2, 0.25) is 11.8 Å². The Morgan fingerprint density at radius 3 is 1.28 bits per heavy atom. The summed E-state index contributed by atoms with van der Waals surface area (Å²) in [6.07, 6.45) is 21.8. The van der Waals surface area contributed by atoms with E-state index in [0.29, 0.717) is 96.2 Å². The van der Waals surface area contributed by atoms with Crippen molar-refractivity contribution in [1.29, 1.82) is 0 Å². The van der Waals surface area contributed by atoms with Crippen molar-refractivity contribution in [1.82, 2.24) is 19.6 Å². The molecule has 0 aromatic carbocycles. The third kappa shape index (κ3) is 62.1. The minimum Gasteiger partial charge on any atom is -0.396 e. The molecule has 7 heterocycles. The summed E-state index contributed by atoms with van der Waals surface area (Å²) >= 11 is 2.13. The maximum Gasteiger partial charge on any atom is 0.236 e. The second kappa shape index (κ2) is 50.9. The van der Waals surface area contributed by atoms with Crippen molar-refractivity contribution in [2.45, 2.75) is 314 Å². The van der Waals surface area contributed by atoms with E-state index in [2.05, 4.69) is 193 Å². The van der Waals surface area contributed by atoms with Gasteiger partial charge in [-0.25, -0.2) is 16.8 Å². The topological polar surface area (TPSA) is 221 Å². The van der Waals surface area contributed by atoms with Gasteiger partial charge >= 0.3 is 0 Å². The van der Waals surface area contributed by atoms with Crippen LogP contribution in [0.3, 0.4) is 0 Å². The highest BCUT2D eigenvalue weighted by Crippen LogP contribution is 2.38. The molecule has 8 aliphatic rings. The lowest BCUT2D eigenvalue weighted by atomic mass is 9.73. The lowest BCUT2D eigenvalue weighted by Gasteiger charge is -2.35. The fraction of sp³-hybridized carbons (Fsp3) is 0.977. The Kier molecular flexibility index (Phi) is 50.3. The number of likely N-dealkylation sites (tertiary alicyclic amines) is 2. The Hall–Kier alpha value is -1.13. The third-order valence-electron chi connectivity index (χ3n) is 19.8. The minimum atomic E-state index is -2.71. The van der Waals surface area contributed by atoms with Crippen LogP contribution in [0, 0.1) is 85.8 Å². The van der Waals surface area contributed by atoms with Gasteiger partial charge in [0.05, 0.1) is 54.5 Å². The average molecular weight is 1550 g/mol. The Morgan fingerprint density at radius 2 is 0.914 bits per heavy atom. The molecule has 2 amide bonds. The lowest BCUT2D eigenvalue weighted by molar-refractivity contribution is -0.136. The van der Waals surface area contributed by atoms with E-state index in [-0.39, 0.29) is 28.3 Å². The number of morpholine rings is 1. The zero-order chi connectivity index (χ0) is 80.9. The molecule has 8 rings (SSSR count). The fourth-order valence-electron chi connectivity index (χ4n) is 15.3. The molecule has 1 saturated carbocycles. The van der Waals surface area contributed by atoms with E-state index in [9.17, 15) is 31.5 Å². The largest absolute Gasteiger partial charge is 0.396 e. The molecular formula is C86H175N5O11S3. The summed E-state index contributed by atoms with van der Waals surface area (Å²) in [6, 6.07) is 0. The molecule has 1 unspecified atom stereocenters. The van der Waals surface area contributed by atoms with Crippen molar-refractivity contribution in [2.75, 3.05) is 140 Å². The normalized spacial score (nSPS) is 22.8. The molecule has 19 heteroatoms. The van der Waals surface area contributed by atoms with Crippen LogP contribution in [0.2, 0.25) is 0 Å². The van der Waals surface area contributed by atoms with Crippen LogP contribution >= 0.6 is 11.8 Å². The second-order valence-corrected chi connectivity index (χ2v) is 47.7. The highest BCUT2D eigenvalue weighted by atomic mass is 32.2. The van der Waals surface area contributed by atoms with Crippen LogP contribution in [0.1, 0.15) is 302 Å². The number of piperidine rings is 2. The van der Waals surface area contributed by atoms with E-state index < -0.39 is 25.3 Å². The molecule has 1 aliphatic carbocycles. The molecule has 7 aliphatic heterocycles. The first-order chi connectivity index (χ1) is 48.0. The number of rotatable bonds is 15. The summed E-state index contributed by atoms with van der Waals surface area (Å²) in [5.74, 6) is 12.1.